The summed E-state index contributed by atoms with van der Waals surface area (Å²) in [7, 11) is -4.35. The first kappa shape index (κ1) is 14.6. The summed E-state index contributed by atoms with van der Waals surface area (Å²) in [4.78, 5) is 11.7. The van der Waals surface area contributed by atoms with E-state index in [-0.39, 0.29) is 18.3 Å². The molecule has 1 aliphatic rings. The molecule has 1 aromatic carbocycles. The summed E-state index contributed by atoms with van der Waals surface area (Å²) in [5.41, 5.74) is -0.446. The van der Waals surface area contributed by atoms with Gasteiger partial charge in [0.2, 0.25) is 0 Å². The fourth-order valence-electron chi connectivity index (χ4n) is 1.84. The van der Waals surface area contributed by atoms with Crippen molar-refractivity contribution in [3.63, 3.8) is 0 Å². The molecule has 7 nitrogen and oxygen atoms in total. The molecule has 1 aliphatic heterocycles. The van der Waals surface area contributed by atoms with Gasteiger partial charge >= 0.3 is 16.1 Å². The van der Waals surface area contributed by atoms with Crippen molar-refractivity contribution < 1.29 is 27.2 Å². The van der Waals surface area contributed by atoms with E-state index in [9.17, 15) is 13.2 Å². The molecule has 0 radical (unpaired) electrons. The van der Waals surface area contributed by atoms with Crippen LogP contribution in [0.4, 0.5) is 5.69 Å². The fourth-order valence-corrected chi connectivity index (χ4v) is 2.34. The Morgan fingerprint density at radius 1 is 1.55 bits per heavy atom. The Morgan fingerprint density at radius 2 is 2.25 bits per heavy atom. The summed E-state index contributed by atoms with van der Waals surface area (Å²) < 4.78 is 41.0. The van der Waals surface area contributed by atoms with Crippen LogP contribution in [0, 0.1) is 0 Å². The van der Waals surface area contributed by atoms with E-state index in [2.05, 4.69) is 5.32 Å². The lowest BCUT2D eigenvalue weighted by Crippen LogP contribution is -2.30. The van der Waals surface area contributed by atoms with Crippen molar-refractivity contribution in [3.8, 4) is 5.75 Å². The van der Waals surface area contributed by atoms with Crippen LogP contribution in [0.1, 0.15) is 25.3 Å². The van der Waals surface area contributed by atoms with Crippen molar-refractivity contribution in [2.45, 2.75) is 25.3 Å². The number of carbonyl (C=O) groups excluding carboxylic acids is 1. The smallest absolute Gasteiger partial charge is 0.323 e. The summed E-state index contributed by atoms with van der Waals surface area (Å²) in [6, 6.07) is 4.81. The lowest BCUT2D eigenvalue weighted by Gasteiger charge is -2.11. The molecule has 1 aromatic rings. The number of fused-ring (bicyclic) bond motifs is 1. The van der Waals surface area contributed by atoms with Crippen LogP contribution in [0.15, 0.2) is 18.2 Å². The number of hydrogen-bond acceptors (Lipinski definition) is 6. The lowest BCUT2D eigenvalue weighted by molar-refractivity contribution is -0.144. The van der Waals surface area contributed by atoms with Gasteiger partial charge in [0, 0.05) is 0 Å². The van der Waals surface area contributed by atoms with Crippen LogP contribution in [0.25, 0.3) is 0 Å². The highest BCUT2D eigenvalue weighted by Crippen LogP contribution is 2.35. The van der Waals surface area contributed by atoms with Crippen molar-refractivity contribution in [3.05, 3.63) is 23.8 Å². The summed E-state index contributed by atoms with van der Waals surface area (Å²) in [5.74, 6) is -0.598. The Labute approximate surface area is 116 Å². The number of anilines is 1. The molecular weight excluding hydrogens is 286 g/mol. The molecule has 1 heterocycles. The molecule has 0 amide bonds. The zero-order chi connectivity index (χ0) is 14.9. The predicted octanol–water partition coefficient (Wildman–Crippen LogP) is 1.33. The largest absolute Gasteiger partial charge is 0.466 e. The standard InChI is InChI=1S/C12H15NO6S/c1-3-18-11(14)7(2)8-4-5-9-10(6-8)19-12(13-9)20(15,16)17/h4-7,12-13H,3H2,1-2H3,(H,15,16,17). The van der Waals surface area contributed by atoms with Crippen molar-refractivity contribution in [1.29, 1.82) is 0 Å². The first-order valence-corrected chi connectivity index (χ1v) is 7.53. The maximum absolute atomic E-state index is 11.7. The van der Waals surface area contributed by atoms with Gasteiger partial charge in [-0.3, -0.25) is 9.35 Å². The molecule has 20 heavy (non-hydrogen) atoms. The Hall–Kier alpha value is -1.80. The first-order chi connectivity index (χ1) is 9.32. The van der Waals surface area contributed by atoms with Gasteiger partial charge in [-0.25, -0.2) is 0 Å². The third kappa shape index (κ3) is 2.86. The van der Waals surface area contributed by atoms with Crippen molar-refractivity contribution in [2.24, 2.45) is 0 Å². The van der Waals surface area contributed by atoms with Crippen LogP contribution >= 0.6 is 0 Å². The Bertz CT molecular complexity index is 627. The summed E-state index contributed by atoms with van der Waals surface area (Å²) in [6.07, 6.45) is 0. The summed E-state index contributed by atoms with van der Waals surface area (Å²) in [6.45, 7) is 3.69. The summed E-state index contributed by atoms with van der Waals surface area (Å²) in [5, 5.41) is 2.52. The molecule has 110 valence electrons. The van der Waals surface area contributed by atoms with E-state index in [0.29, 0.717) is 11.3 Å². The van der Waals surface area contributed by atoms with E-state index in [1.165, 1.54) is 0 Å². The fraction of sp³-hybridized carbons (Fsp3) is 0.417. The number of benzene rings is 1. The highest BCUT2D eigenvalue weighted by atomic mass is 32.2. The topological polar surface area (TPSA) is 102 Å². The minimum Gasteiger partial charge on any atom is -0.466 e. The molecule has 0 aromatic heterocycles. The molecular formula is C12H15NO6S. The predicted molar refractivity (Wildman–Crippen MR) is 71.1 cm³/mol. The molecule has 0 fully saturated rings. The van der Waals surface area contributed by atoms with Gasteiger partial charge in [-0.2, -0.15) is 8.42 Å². The van der Waals surface area contributed by atoms with E-state index in [1.807, 2.05) is 0 Å². The number of hydrogen-bond donors (Lipinski definition) is 2. The van der Waals surface area contributed by atoms with Crippen LogP contribution in [-0.2, 0) is 19.6 Å². The zero-order valence-corrected chi connectivity index (χ0v) is 11.8. The van der Waals surface area contributed by atoms with Gasteiger partial charge in [0.25, 0.3) is 5.56 Å². The third-order valence-corrected chi connectivity index (χ3v) is 3.68. The van der Waals surface area contributed by atoms with Crippen LogP contribution in [0.5, 0.6) is 5.75 Å². The van der Waals surface area contributed by atoms with E-state index in [0.717, 1.165) is 0 Å². The first-order valence-electron chi connectivity index (χ1n) is 6.03. The zero-order valence-electron chi connectivity index (χ0n) is 11.0. The van der Waals surface area contributed by atoms with Gasteiger partial charge < -0.3 is 14.8 Å². The van der Waals surface area contributed by atoms with E-state index < -0.39 is 21.6 Å². The summed E-state index contributed by atoms with van der Waals surface area (Å²) >= 11 is 0. The van der Waals surface area contributed by atoms with Crippen LogP contribution in [-0.4, -0.2) is 31.1 Å². The third-order valence-electron chi connectivity index (χ3n) is 2.92. The number of rotatable bonds is 4. The number of carbonyl (C=O) groups is 1. The van der Waals surface area contributed by atoms with Gasteiger partial charge in [-0.15, -0.1) is 0 Å². The van der Waals surface area contributed by atoms with Crippen LogP contribution in [0.3, 0.4) is 0 Å². The number of nitrogens with one attached hydrogen (secondary N) is 1. The van der Waals surface area contributed by atoms with Gasteiger partial charge in [-0.05, 0) is 31.5 Å². The highest BCUT2D eigenvalue weighted by molar-refractivity contribution is 7.86. The van der Waals surface area contributed by atoms with E-state index >= 15 is 0 Å². The average Bonchev–Trinajstić information content (AvgIpc) is 2.80. The van der Waals surface area contributed by atoms with Crippen LogP contribution in [0.2, 0.25) is 0 Å². The Kier molecular flexibility index (Phi) is 3.87. The van der Waals surface area contributed by atoms with Gasteiger partial charge in [0.1, 0.15) is 5.75 Å². The highest BCUT2D eigenvalue weighted by Gasteiger charge is 2.32. The maximum atomic E-state index is 11.7. The van der Waals surface area contributed by atoms with Crippen molar-refractivity contribution in [1.82, 2.24) is 0 Å². The molecule has 2 N–H and O–H groups in total. The lowest BCUT2D eigenvalue weighted by atomic mass is 10.0. The minimum atomic E-state index is -4.35. The normalized spacial score (nSPS) is 18.6. The molecule has 8 heteroatoms. The van der Waals surface area contributed by atoms with Gasteiger partial charge in [-0.1, -0.05) is 6.07 Å². The minimum absolute atomic E-state index is 0.265. The van der Waals surface area contributed by atoms with E-state index in [1.54, 1.807) is 32.0 Å². The SMILES string of the molecule is CCOC(=O)C(C)c1ccc2c(c1)OC(S(=O)(=O)O)N2. The van der Waals surface area contributed by atoms with Crippen LogP contribution < -0.4 is 10.1 Å². The average molecular weight is 301 g/mol. The molecule has 0 bridgehead atoms. The number of esters is 1. The van der Waals surface area contributed by atoms with E-state index in [4.69, 9.17) is 14.0 Å². The number of ether oxygens (including phenoxy) is 2. The molecule has 2 rings (SSSR count). The van der Waals surface area contributed by atoms with Crippen molar-refractivity contribution >= 4 is 21.8 Å². The van der Waals surface area contributed by atoms with Crippen molar-refractivity contribution in [2.75, 3.05) is 11.9 Å². The molecule has 2 unspecified atom stereocenters. The molecule has 0 saturated heterocycles. The Morgan fingerprint density at radius 3 is 2.85 bits per heavy atom. The molecule has 0 aliphatic carbocycles. The molecule has 2 atom stereocenters. The van der Waals surface area contributed by atoms with Gasteiger partial charge in [0.15, 0.2) is 0 Å². The van der Waals surface area contributed by atoms with Gasteiger partial charge in [0.05, 0.1) is 18.2 Å². The monoisotopic (exact) mass is 301 g/mol. The molecule has 0 spiro atoms. The maximum Gasteiger partial charge on any atom is 0.323 e. The quantitative estimate of drug-likeness (QED) is 0.639. The second-order valence-electron chi connectivity index (χ2n) is 4.34. The Balaban J connectivity index is 2.21. The molecule has 0 saturated carbocycles. The second kappa shape index (κ2) is 5.29. The second-order valence-corrected chi connectivity index (χ2v) is 5.80.